The fourth-order valence-electron chi connectivity index (χ4n) is 2.62. The first-order valence-electron chi connectivity index (χ1n) is 6.80. The predicted molar refractivity (Wildman–Crippen MR) is 82.6 cm³/mol. The maximum atomic E-state index is 13.8. The van der Waals surface area contributed by atoms with E-state index >= 15 is 0 Å². The number of carbonyl (C=O) groups excluding carboxylic acids is 1. The Kier molecular flexibility index (Phi) is 5.08. The van der Waals surface area contributed by atoms with Crippen LogP contribution in [0.15, 0.2) is 22.7 Å². The molecule has 1 aromatic carbocycles. The summed E-state index contributed by atoms with van der Waals surface area (Å²) in [4.78, 5) is 12.4. The normalized spacial score (nSPS) is 26.3. The SMILES string of the molecule is CC1CCC(CCl)(NC(=O)c2c(F)cccc2Br)CC1. The van der Waals surface area contributed by atoms with Crippen LogP contribution in [0.4, 0.5) is 4.39 Å². The first kappa shape index (κ1) is 15.8. The molecule has 1 aliphatic carbocycles. The summed E-state index contributed by atoms with van der Waals surface area (Å²) in [7, 11) is 0. The topological polar surface area (TPSA) is 29.1 Å². The minimum absolute atomic E-state index is 0.0515. The van der Waals surface area contributed by atoms with Crippen LogP contribution in [0, 0.1) is 11.7 Å². The lowest BCUT2D eigenvalue weighted by molar-refractivity contribution is 0.0867. The smallest absolute Gasteiger partial charge is 0.255 e. The molecule has 0 atom stereocenters. The van der Waals surface area contributed by atoms with Crippen molar-refractivity contribution in [1.29, 1.82) is 0 Å². The van der Waals surface area contributed by atoms with Gasteiger partial charge in [-0.3, -0.25) is 4.79 Å². The molecular formula is C15H18BrClFNO. The molecular weight excluding hydrogens is 345 g/mol. The lowest BCUT2D eigenvalue weighted by Gasteiger charge is -2.38. The van der Waals surface area contributed by atoms with E-state index in [1.54, 1.807) is 12.1 Å². The molecule has 1 fully saturated rings. The number of hydrogen-bond acceptors (Lipinski definition) is 1. The van der Waals surface area contributed by atoms with Gasteiger partial charge in [0, 0.05) is 10.4 Å². The molecule has 20 heavy (non-hydrogen) atoms. The van der Waals surface area contributed by atoms with Gasteiger partial charge in [0.05, 0.1) is 11.1 Å². The highest BCUT2D eigenvalue weighted by atomic mass is 79.9. The summed E-state index contributed by atoms with van der Waals surface area (Å²) < 4.78 is 14.3. The first-order valence-corrected chi connectivity index (χ1v) is 8.13. The number of carbonyl (C=O) groups is 1. The van der Waals surface area contributed by atoms with Crippen LogP contribution in [0.5, 0.6) is 0 Å². The Balaban J connectivity index is 2.18. The second-order valence-electron chi connectivity index (χ2n) is 5.65. The van der Waals surface area contributed by atoms with Crippen molar-refractivity contribution < 1.29 is 9.18 Å². The summed E-state index contributed by atoms with van der Waals surface area (Å²) in [5, 5.41) is 2.96. The highest BCUT2D eigenvalue weighted by Gasteiger charge is 2.35. The fraction of sp³-hybridized carbons (Fsp3) is 0.533. The van der Waals surface area contributed by atoms with Crippen LogP contribution in [0.25, 0.3) is 0 Å². The van der Waals surface area contributed by atoms with Crippen LogP contribution in [0.1, 0.15) is 43.0 Å². The average Bonchev–Trinajstić information content (AvgIpc) is 2.41. The quantitative estimate of drug-likeness (QED) is 0.788. The standard InChI is InChI=1S/C15H18BrClFNO/c1-10-5-7-15(9-17,8-6-10)19-14(20)13-11(16)3-2-4-12(13)18/h2-4,10H,5-9H2,1H3,(H,19,20). The van der Waals surface area contributed by atoms with Gasteiger partial charge in [-0.2, -0.15) is 0 Å². The van der Waals surface area contributed by atoms with Crippen LogP contribution in [-0.2, 0) is 0 Å². The lowest BCUT2D eigenvalue weighted by Crippen LogP contribution is -2.52. The van der Waals surface area contributed by atoms with Crippen LogP contribution in [0.2, 0.25) is 0 Å². The number of alkyl halides is 1. The van der Waals surface area contributed by atoms with Crippen LogP contribution >= 0.6 is 27.5 Å². The Labute approximate surface area is 132 Å². The third-order valence-corrected chi connectivity index (χ3v) is 5.23. The predicted octanol–water partition coefficient (Wildman–Crippen LogP) is 4.51. The van der Waals surface area contributed by atoms with E-state index in [1.165, 1.54) is 6.07 Å². The van der Waals surface area contributed by atoms with Crippen molar-refractivity contribution in [2.45, 2.75) is 38.1 Å². The van der Waals surface area contributed by atoms with Gasteiger partial charge in [-0.15, -0.1) is 11.6 Å². The molecule has 0 saturated heterocycles. The van der Waals surface area contributed by atoms with Gasteiger partial charge in [-0.05, 0) is 59.7 Å². The molecule has 1 amide bonds. The summed E-state index contributed by atoms with van der Waals surface area (Å²) in [6.07, 6.45) is 3.75. The molecule has 0 aliphatic heterocycles. The van der Waals surface area contributed by atoms with E-state index in [4.69, 9.17) is 11.6 Å². The van der Waals surface area contributed by atoms with Gasteiger partial charge in [0.25, 0.3) is 5.91 Å². The molecule has 1 aromatic rings. The van der Waals surface area contributed by atoms with Gasteiger partial charge in [-0.25, -0.2) is 4.39 Å². The third kappa shape index (κ3) is 3.34. The maximum Gasteiger partial charge on any atom is 0.255 e. The van der Waals surface area contributed by atoms with Crippen LogP contribution in [-0.4, -0.2) is 17.3 Å². The highest BCUT2D eigenvalue weighted by Crippen LogP contribution is 2.33. The molecule has 1 saturated carbocycles. The minimum Gasteiger partial charge on any atom is -0.345 e. The van der Waals surface area contributed by atoms with Crippen molar-refractivity contribution in [2.75, 3.05) is 5.88 Å². The number of benzene rings is 1. The average molecular weight is 363 g/mol. The molecule has 110 valence electrons. The monoisotopic (exact) mass is 361 g/mol. The maximum absolute atomic E-state index is 13.8. The van der Waals surface area contributed by atoms with E-state index in [0.29, 0.717) is 16.3 Å². The molecule has 0 spiro atoms. The molecule has 5 heteroatoms. The Morgan fingerprint density at radius 2 is 2.15 bits per heavy atom. The van der Waals surface area contributed by atoms with Crippen molar-refractivity contribution in [1.82, 2.24) is 5.32 Å². The van der Waals surface area contributed by atoms with Gasteiger partial charge in [0.15, 0.2) is 0 Å². The first-order chi connectivity index (χ1) is 9.47. The largest absolute Gasteiger partial charge is 0.345 e. The van der Waals surface area contributed by atoms with Gasteiger partial charge in [0.1, 0.15) is 5.82 Å². The summed E-state index contributed by atoms with van der Waals surface area (Å²) in [6.45, 7) is 2.20. The molecule has 0 unspecified atom stereocenters. The van der Waals surface area contributed by atoms with E-state index in [-0.39, 0.29) is 5.56 Å². The van der Waals surface area contributed by atoms with Crippen molar-refractivity contribution in [3.8, 4) is 0 Å². The number of hydrogen-bond donors (Lipinski definition) is 1. The Morgan fingerprint density at radius 3 is 2.70 bits per heavy atom. The number of rotatable bonds is 3. The molecule has 2 nitrogen and oxygen atoms in total. The van der Waals surface area contributed by atoms with Gasteiger partial charge in [0.2, 0.25) is 0 Å². The summed E-state index contributed by atoms with van der Waals surface area (Å²) in [5.41, 5.74) is -0.358. The number of halogens is 3. The zero-order chi connectivity index (χ0) is 14.8. The summed E-state index contributed by atoms with van der Waals surface area (Å²) in [5.74, 6) is 0.0942. The van der Waals surface area contributed by atoms with E-state index in [1.807, 2.05) is 0 Å². The summed E-state index contributed by atoms with van der Waals surface area (Å²) in [6, 6.07) is 4.51. The Bertz CT molecular complexity index is 480. The minimum atomic E-state index is -0.522. The van der Waals surface area contributed by atoms with E-state index < -0.39 is 17.3 Å². The highest BCUT2D eigenvalue weighted by molar-refractivity contribution is 9.10. The zero-order valence-corrected chi connectivity index (χ0v) is 13.7. The van der Waals surface area contributed by atoms with Crippen molar-refractivity contribution in [2.24, 2.45) is 5.92 Å². The van der Waals surface area contributed by atoms with Gasteiger partial charge < -0.3 is 5.32 Å². The number of amides is 1. The molecule has 1 aliphatic rings. The molecule has 1 N–H and O–H groups in total. The van der Waals surface area contributed by atoms with Gasteiger partial charge in [-0.1, -0.05) is 13.0 Å². The van der Waals surface area contributed by atoms with Crippen LogP contribution in [0.3, 0.4) is 0 Å². The molecule has 0 aromatic heterocycles. The van der Waals surface area contributed by atoms with Crippen molar-refractivity contribution in [3.63, 3.8) is 0 Å². The lowest BCUT2D eigenvalue weighted by atomic mass is 9.78. The number of nitrogens with one attached hydrogen (secondary N) is 1. The second-order valence-corrected chi connectivity index (χ2v) is 6.77. The molecule has 2 rings (SSSR count). The molecule has 0 radical (unpaired) electrons. The Morgan fingerprint density at radius 1 is 1.50 bits per heavy atom. The molecule has 0 bridgehead atoms. The Hall–Kier alpha value is -0.610. The van der Waals surface area contributed by atoms with E-state index in [9.17, 15) is 9.18 Å². The van der Waals surface area contributed by atoms with E-state index in [0.717, 1.165) is 25.7 Å². The van der Waals surface area contributed by atoms with Gasteiger partial charge >= 0.3 is 0 Å². The fourth-order valence-corrected chi connectivity index (χ4v) is 3.48. The van der Waals surface area contributed by atoms with E-state index in [2.05, 4.69) is 28.2 Å². The zero-order valence-electron chi connectivity index (χ0n) is 11.4. The van der Waals surface area contributed by atoms with Crippen molar-refractivity contribution in [3.05, 3.63) is 34.1 Å². The third-order valence-electron chi connectivity index (χ3n) is 4.06. The summed E-state index contributed by atoms with van der Waals surface area (Å²) >= 11 is 9.30. The van der Waals surface area contributed by atoms with Crippen LogP contribution < -0.4 is 5.32 Å². The van der Waals surface area contributed by atoms with Crippen molar-refractivity contribution >= 4 is 33.4 Å². The second kappa shape index (κ2) is 6.44. The molecule has 0 heterocycles.